The summed E-state index contributed by atoms with van der Waals surface area (Å²) in [6.45, 7) is 3.94. The summed E-state index contributed by atoms with van der Waals surface area (Å²) < 4.78 is 12.2. The van der Waals surface area contributed by atoms with Crippen molar-refractivity contribution in [1.82, 2.24) is 0 Å². The van der Waals surface area contributed by atoms with E-state index in [1.165, 1.54) is 0 Å². The number of fused-ring (bicyclic) bond motifs is 2. The van der Waals surface area contributed by atoms with E-state index >= 15 is 0 Å². The van der Waals surface area contributed by atoms with Crippen LogP contribution in [0, 0.1) is 0 Å². The third-order valence-corrected chi connectivity index (χ3v) is 4.70. The molecule has 0 amide bonds. The number of para-hydroxylation sites is 1. The predicted octanol–water partition coefficient (Wildman–Crippen LogP) is 4.82. The maximum atomic E-state index is 12.9. The highest BCUT2D eigenvalue weighted by molar-refractivity contribution is 5.93. The maximum absolute atomic E-state index is 12.9. The van der Waals surface area contributed by atoms with Crippen molar-refractivity contribution in [2.24, 2.45) is 0 Å². The first kappa shape index (κ1) is 14.1. The molecule has 4 rings (SSSR count). The van der Waals surface area contributed by atoms with Crippen LogP contribution in [0.4, 0.5) is 0 Å². The van der Waals surface area contributed by atoms with E-state index in [1.54, 1.807) is 6.07 Å². The molecule has 1 saturated carbocycles. The van der Waals surface area contributed by atoms with Gasteiger partial charge in [-0.25, -0.2) is 0 Å². The van der Waals surface area contributed by atoms with Crippen LogP contribution in [-0.4, -0.2) is 5.60 Å². The average molecular weight is 306 g/mol. The molecule has 0 saturated heterocycles. The summed E-state index contributed by atoms with van der Waals surface area (Å²) in [6.07, 6.45) is 5.99. The first-order valence-corrected chi connectivity index (χ1v) is 8.00. The zero-order valence-corrected chi connectivity index (χ0v) is 12.9. The van der Waals surface area contributed by atoms with Crippen molar-refractivity contribution in [3.8, 4) is 5.75 Å². The topological polar surface area (TPSA) is 39.4 Å². The maximum Gasteiger partial charge on any atom is 0.204 e. The lowest BCUT2D eigenvalue weighted by Crippen LogP contribution is -2.30. The largest absolute Gasteiger partial charge is 0.482 e. The second-order valence-corrected chi connectivity index (χ2v) is 6.13. The predicted molar refractivity (Wildman–Crippen MR) is 92.0 cm³/mol. The van der Waals surface area contributed by atoms with Gasteiger partial charge in [0.1, 0.15) is 27.9 Å². The molecule has 0 atom stereocenters. The Morgan fingerprint density at radius 3 is 2.57 bits per heavy atom. The quantitative estimate of drug-likeness (QED) is 0.514. The Kier molecular flexibility index (Phi) is 3.22. The molecule has 116 valence electrons. The SMILES string of the molecule is C=CC1(Oc2cccc3oc4ccccc4c(=O)c23)CCCC1. The van der Waals surface area contributed by atoms with E-state index in [1.807, 2.05) is 42.5 Å². The molecular formula is C20H18O3. The second-order valence-electron chi connectivity index (χ2n) is 6.13. The van der Waals surface area contributed by atoms with Gasteiger partial charge in [0.15, 0.2) is 0 Å². The normalized spacial score (nSPS) is 16.7. The fourth-order valence-electron chi connectivity index (χ4n) is 3.44. The number of hydrogen-bond acceptors (Lipinski definition) is 3. The van der Waals surface area contributed by atoms with Gasteiger partial charge < -0.3 is 9.15 Å². The molecular weight excluding hydrogens is 288 g/mol. The minimum atomic E-state index is -0.369. The highest BCUT2D eigenvalue weighted by Gasteiger charge is 2.33. The van der Waals surface area contributed by atoms with Crippen molar-refractivity contribution in [1.29, 1.82) is 0 Å². The van der Waals surface area contributed by atoms with Crippen LogP contribution >= 0.6 is 0 Å². The number of ether oxygens (including phenoxy) is 1. The van der Waals surface area contributed by atoms with Crippen LogP contribution in [-0.2, 0) is 0 Å². The van der Waals surface area contributed by atoms with Crippen LogP contribution in [0.5, 0.6) is 5.75 Å². The van der Waals surface area contributed by atoms with Crippen molar-refractivity contribution in [3.05, 3.63) is 65.3 Å². The Morgan fingerprint density at radius 2 is 1.78 bits per heavy atom. The Labute approximate surface area is 134 Å². The van der Waals surface area contributed by atoms with Crippen LogP contribution in [0.2, 0.25) is 0 Å². The van der Waals surface area contributed by atoms with Gasteiger partial charge >= 0.3 is 0 Å². The zero-order valence-electron chi connectivity index (χ0n) is 12.9. The lowest BCUT2D eigenvalue weighted by molar-refractivity contribution is 0.130. The Morgan fingerprint density at radius 1 is 1.04 bits per heavy atom. The van der Waals surface area contributed by atoms with Gasteiger partial charge in [-0.1, -0.05) is 24.8 Å². The van der Waals surface area contributed by atoms with Crippen LogP contribution in [0.3, 0.4) is 0 Å². The zero-order chi connectivity index (χ0) is 15.9. The Bertz CT molecular complexity index is 946. The molecule has 3 aromatic rings. The summed E-state index contributed by atoms with van der Waals surface area (Å²) >= 11 is 0. The first-order valence-electron chi connectivity index (χ1n) is 8.00. The van der Waals surface area contributed by atoms with Crippen LogP contribution in [0.25, 0.3) is 21.9 Å². The molecule has 1 fully saturated rings. The molecule has 1 aliphatic rings. The van der Waals surface area contributed by atoms with Gasteiger partial charge in [-0.3, -0.25) is 4.79 Å². The summed E-state index contributed by atoms with van der Waals surface area (Å²) in [4.78, 5) is 12.9. The molecule has 1 aliphatic carbocycles. The summed E-state index contributed by atoms with van der Waals surface area (Å²) in [5.74, 6) is 0.587. The standard InChI is InChI=1S/C20H18O3/c1-2-20(12-5-6-13-20)23-17-11-7-10-16-18(17)19(21)14-8-3-4-9-15(14)22-16/h2-4,7-11H,1,5-6,12-13H2. The van der Waals surface area contributed by atoms with E-state index in [2.05, 4.69) is 6.58 Å². The van der Waals surface area contributed by atoms with E-state index in [0.29, 0.717) is 27.7 Å². The summed E-state index contributed by atoms with van der Waals surface area (Å²) in [6, 6.07) is 12.8. The van der Waals surface area contributed by atoms with Crippen molar-refractivity contribution < 1.29 is 9.15 Å². The van der Waals surface area contributed by atoms with Gasteiger partial charge in [-0.05, 0) is 56.0 Å². The van der Waals surface area contributed by atoms with E-state index in [4.69, 9.17) is 9.15 Å². The molecule has 0 aliphatic heterocycles. The molecule has 23 heavy (non-hydrogen) atoms. The van der Waals surface area contributed by atoms with Crippen LogP contribution in [0.1, 0.15) is 25.7 Å². The molecule has 0 bridgehead atoms. The van der Waals surface area contributed by atoms with Crippen LogP contribution in [0.15, 0.2) is 64.3 Å². The molecule has 0 spiro atoms. The summed E-state index contributed by atoms with van der Waals surface area (Å²) in [5.41, 5.74) is 0.742. The molecule has 0 radical (unpaired) electrons. The summed E-state index contributed by atoms with van der Waals surface area (Å²) in [7, 11) is 0. The second kappa shape index (κ2) is 5.27. The van der Waals surface area contributed by atoms with Gasteiger partial charge in [0.2, 0.25) is 5.43 Å². The van der Waals surface area contributed by atoms with Gasteiger partial charge in [-0.15, -0.1) is 0 Å². The van der Waals surface area contributed by atoms with Crippen molar-refractivity contribution in [3.63, 3.8) is 0 Å². The highest BCUT2D eigenvalue weighted by Crippen LogP contribution is 2.37. The van der Waals surface area contributed by atoms with Gasteiger partial charge in [-0.2, -0.15) is 0 Å². The Balaban J connectivity index is 1.95. The smallest absolute Gasteiger partial charge is 0.204 e. The highest BCUT2D eigenvalue weighted by atomic mass is 16.5. The van der Waals surface area contributed by atoms with Gasteiger partial charge in [0.05, 0.1) is 5.39 Å². The fraction of sp³-hybridized carbons (Fsp3) is 0.250. The van der Waals surface area contributed by atoms with Crippen molar-refractivity contribution in [2.75, 3.05) is 0 Å². The number of hydrogen-bond donors (Lipinski definition) is 0. The van der Waals surface area contributed by atoms with Crippen molar-refractivity contribution >= 4 is 21.9 Å². The minimum Gasteiger partial charge on any atom is -0.482 e. The van der Waals surface area contributed by atoms with E-state index in [-0.39, 0.29) is 11.0 Å². The van der Waals surface area contributed by atoms with Crippen LogP contribution < -0.4 is 10.2 Å². The third-order valence-electron chi connectivity index (χ3n) is 4.70. The molecule has 1 aromatic heterocycles. The minimum absolute atomic E-state index is 0.0466. The number of benzene rings is 2. The lowest BCUT2D eigenvalue weighted by atomic mass is 10.0. The monoisotopic (exact) mass is 306 g/mol. The summed E-state index contributed by atoms with van der Waals surface area (Å²) in [5, 5.41) is 1.09. The molecule has 3 nitrogen and oxygen atoms in total. The van der Waals surface area contributed by atoms with Gasteiger partial charge in [0, 0.05) is 0 Å². The first-order chi connectivity index (χ1) is 11.2. The molecule has 2 aromatic carbocycles. The molecule has 0 unspecified atom stereocenters. The average Bonchev–Trinajstić information content (AvgIpc) is 3.04. The fourth-order valence-corrected chi connectivity index (χ4v) is 3.44. The molecule has 0 N–H and O–H groups in total. The lowest BCUT2D eigenvalue weighted by Gasteiger charge is -2.27. The van der Waals surface area contributed by atoms with E-state index in [0.717, 1.165) is 25.7 Å². The Hall–Kier alpha value is -2.55. The third kappa shape index (κ3) is 2.24. The van der Waals surface area contributed by atoms with E-state index < -0.39 is 0 Å². The van der Waals surface area contributed by atoms with Gasteiger partial charge in [0.25, 0.3) is 0 Å². The van der Waals surface area contributed by atoms with Crippen molar-refractivity contribution in [2.45, 2.75) is 31.3 Å². The van der Waals surface area contributed by atoms with E-state index in [9.17, 15) is 4.79 Å². The number of rotatable bonds is 3. The molecule has 1 heterocycles. The molecule has 3 heteroatoms.